The van der Waals surface area contributed by atoms with Crippen molar-refractivity contribution in [2.45, 2.75) is 18.9 Å². The van der Waals surface area contributed by atoms with Crippen molar-refractivity contribution < 1.29 is 9.05 Å². The first kappa shape index (κ1) is 18.4. The van der Waals surface area contributed by atoms with E-state index in [1.54, 1.807) is 0 Å². The fourth-order valence-corrected chi connectivity index (χ4v) is 7.71. The minimum Gasteiger partial charge on any atom is -0.435 e. The van der Waals surface area contributed by atoms with Crippen LogP contribution in [0.1, 0.15) is 12.8 Å². The van der Waals surface area contributed by atoms with Crippen molar-refractivity contribution in [2.24, 2.45) is 0 Å². The van der Waals surface area contributed by atoms with Crippen LogP contribution >= 0.6 is 6.49 Å². The summed E-state index contributed by atoms with van der Waals surface area (Å²) in [5, 5.41) is 8.26. The van der Waals surface area contributed by atoms with Crippen molar-refractivity contribution in [3.63, 3.8) is 0 Å². The van der Waals surface area contributed by atoms with Crippen LogP contribution in [0.25, 0.3) is 32.7 Å². The second-order valence-corrected chi connectivity index (χ2v) is 11.7. The van der Waals surface area contributed by atoms with Crippen molar-refractivity contribution >= 4 is 39.8 Å². The number of rotatable bonds is 2. The van der Waals surface area contributed by atoms with E-state index in [-0.39, 0.29) is 0 Å². The van der Waals surface area contributed by atoms with Gasteiger partial charge in [-0.15, -0.1) is 0 Å². The van der Waals surface area contributed by atoms with Crippen molar-refractivity contribution in [1.82, 2.24) is 5.32 Å². The average molecular weight is 431 g/mol. The predicted molar refractivity (Wildman–Crippen MR) is 128 cm³/mol. The van der Waals surface area contributed by atoms with Gasteiger partial charge in [0.05, 0.1) is 6.16 Å². The van der Waals surface area contributed by atoms with E-state index >= 15 is 0 Å². The molecule has 0 unspecified atom stereocenters. The van der Waals surface area contributed by atoms with Gasteiger partial charge in [0.25, 0.3) is 6.49 Å². The average Bonchev–Trinajstić information content (AvgIpc) is 3.21. The van der Waals surface area contributed by atoms with Gasteiger partial charge in [0.15, 0.2) is 0 Å². The number of hydrogen-bond donors (Lipinski definition) is 1. The lowest BCUT2D eigenvalue weighted by Gasteiger charge is -2.25. The Bertz CT molecular complexity index is 1240. The Morgan fingerprint density at radius 1 is 0.800 bits per heavy atom. The van der Waals surface area contributed by atoms with E-state index in [1.165, 1.54) is 28.0 Å². The molecule has 1 atom stereocenters. The molecular formula is C25H22NO2PS. The highest BCUT2D eigenvalue weighted by Gasteiger charge is 2.34. The van der Waals surface area contributed by atoms with Gasteiger partial charge < -0.3 is 14.4 Å². The van der Waals surface area contributed by atoms with E-state index in [1.807, 2.05) is 0 Å². The summed E-state index contributed by atoms with van der Waals surface area (Å²) in [6.07, 6.45) is 3.05. The molecule has 4 aromatic carbocycles. The van der Waals surface area contributed by atoms with Crippen LogP contribution in [-0.2, 0) is 11.8 Å². The Hall–Kier alpha value is -2.39. The Morgan fingerprint density at radius 3 is 1.90 bits per heavy atom. The molecule has 0 aliphatic carbocycles. The maximum Gasteiger partial charge on any atom is 0.289 e. The number of benzene rings is 4. The topological polar surface area (TPSA) is 30.5 Å². The van der Waals surface area contributed by atoms with E-state index in [0.29, 0.717) is 6.04 Å². The molecule has 1 fully saturated rings. The molecule has 5 heteroatoms. The van der Waals surface area contributed by atoms with Gasteiger partial charge in [0.1, 0.15) is 11.5 Å². The zero-order valence-corrected chi connectivity index (χ0v) is 18.2. The highest BCUT2D eigenvalue weighted by atomic mass is 32.5. The summed E-state index contributed by atoms with van der Waals surface area (Å²) >= 11 is 6.10. The van der Waals surface area contributed by atoms with Crippen molar-refractivity contribution in [1.29, 1.82) is 0 Å². The summed E-state index contributed by atoms with van der Waals surface area (Å²) in [6, 6.07) is 25.7. The monoisotopic (exact) mass is 431 g/mol. The first-order valence-corrected chi connectivity index (χ1v) is 13.3. The molecular weight excluding hydrogens is 409 g/mol. The second-order valence-electron chi connectivity index (χ2n) is 8.09. The first-order valence-electron chi connectivity index (χ1n) is 10.5. The van der Waals surface area contributed by atoms with Crippen LogP contribution in [0, 0.1) is 0 Å². The quantitative estimate of drug-likeness (QED) is 0.367. The molecule has 0 bridgehead atoms. The van der Waals surface area contributed by atoms with Gasteiger partial charge >= 0.3 is 0 Å². The van der Waals surface area contributed by atoms with E-state index < -0.39 is 6.49 Å². The summed E-state index contributed by atoms with van der Waals surface area (Å²) in [7, 11) is 0. The molecule has 6 rings (SSSR count). The van der Waals surface area contributed by atoms with Crippen LogP contribution in [-0.4, -0.2) is 18.7 Å². The zero-order valence-electron chi connectivity index (χ0n) is 16.5. The van der Waals surface area contributed by atoms with Gasteiger partial charge in [-0.2, -0.15) is 0 Å². The summed E-state index contributed by atoms with van der Waals surface area (Å²) in [4.78, 5) is 0. The molecule has 4 aromatic rings. The summed E-state index contributed by atoms with van der Waals surface area (Å²) in [6.45, 7) is -1.51. The molecule has 0 amide bonds. The van der Waals surface area contributed by atoms with Gasteiger partial charge in [0, 0.05) is 17.2 Å². The standard InChI is InChI=1S/C25H22NO2PS/c30-29(16-19-8-5-15-26-19)27-22-13-11-17-6-1-3-9-20(17)24(22)25-21-10-4-2-7-18(21)12-14-23(25)28-29/h1-4,6-7,9-14,19,26H,5,8,15-16H2/t19-/m0/s1. The minimum absolute atomic E-state index is 0.363. The molecule has 0 aromatic heterocycles. The lowest BCUT2D eigenvalue weighted by molar-refractivity contribution is 0.483. The Labute approximate surface area is 181 Å². The Morgan fingerprint density at radius 2 is 1.37 bits per heavy atom. The molecule has 2 aliphatic heterocycles. The molecule has 30 heavy (non-hydrogen) atoms. The maximum absolute atomic E-state index is 6.61. The van der Waals surface area contributed by atoms with Crippen LogP contribution in [0.3, 0.4) is 0 Å². The van der Waals surface area contributed by atoms with E-state index in [0.717, 1.165) is 41.8 Å². The van der Waals surface area contributed by atoms with Gasteiger partial charge in [-0.3, -0.25) is 0 Å². The predicted octanol–water partition coefficient (Wildman–Crippen LogP) is 6.49. The lowest BCUT2D eigenvalue weighted by Crippen LogP contribution is -2.27. The highest BCUT2D eigenvalue weighted by Crippen LogP contribution is 2.59. The molecule has 0 radical (unpaired) electrons. The zero-order chi connectivity index (χ0) is 20.1. The van der Waals surface area contributed by atoms with E-state index in [9.17, 15) is 0 Å². The van der Waals surface area contributed by atoms with Crippen LogP contribution in [0.5, 0.6) is 11.5 Å². The van der Waals surface area contributed by atoms with Crippen molar-refractivity contribution in [3.8, 4) is 22.6 Å². The summed E-state index contributed by atoms with van der Waals surface area (Å²) < 4.78 is 13.2. The Balaban J connectivity index is 1.65. The molecule has 3 nitrogen and oxygen atoms in total. The van der Waals surface area contributed by atoms with Crippen molar-refractivity contribution in [3.05, 3.63) is 72.8 Å². The number of hydrogen-bond acceptors (Lipinski definition) is 4. The number of fused-ring (bicyclic) bond motifs is 7. The highest BCUT2D eigenvalue weighted by molar-refractivity contribution is 8.10. The third kappa shape index (κ3) is 3.02. The molecule has 2 aliphatic rings. The SMILES string of the molecule is S=P1(C[C@@H]2CCCN2)Oc2ccc3ccccc3c2-c2c(ccc3ccccc23)O1. The molecule has 1 saturated heterocycles. The Kier molecular flexibility index (Phi) is 4.35. The summed E-state index contributed by atoms with van der Waals surface area (Å²) in [5.41, 5.74) is 2.18. The minimum atomic E-state index is -2.56. The largest absolute Gasteiger partial charge is 0.435 e. The van der Waals surface area contributed by atoms with Gasteiger partial charge in [0.2, 0.25) is 0 Å². The fraction of sp³-hybridized carbons (Fsp3) is 0.200. The normalized spacial score (nSPS) is 19.5. The summed E-state index contributed by atoms with van der Waals surface area (Å²) in [5.74, 6) is 1.68. The van der Waals surface area contributed by atoms with Gasteiger partial charge in [-0.25, -0.2) is 0 Å². The molecule has 2 heterocycles. The molecule has 150 valence electrons. The van der Waals surface area contributed by atoms with E-state index in [4.69, 9.17) is 20.9 Å². The number of nitrogens with one attached hydrogen (secondary N) is 1. The smallest absolute Gasteiger partial charge is 0.289 e. The van der Waals surface area contributed by atoms with Crippen LogP contribution < -0.4 is 14.4 Å². The second kappa shape index (κ2) is 7.09. The van der Waals surface area contributed by atoms with Crippen LogP contribution in [0.4, 0.5) is 0 Å². The van der Waals surface area contributed by atoms with Crippen LogP contribution in [0.2, 0.25) is 0 Å². The van der Waals surface area contributed by atoms with Gasteiger partial charge in [-0.1, -0.05) is 60.7 Å². The van der Waals surface area contributed by atoms with Crippen molar-refractivity contribution in [2.75, 3.05) is 12.7 Å². The molecule has 1 N–H and O–H groups in total. The van der Waals surface area contributed by atoms with E-state index in [2.05, 4.69) is 78.1 Å². The van der Waals surface area contributed by atoms with Crippen LogP contribution in [0.15, 0.2) is 72.8 Å². The fourth-order valence-electron chi connectivity index (χ4n) is 4.75. The van der Waals surface area contributed by atoms with Gasteiger partial charge in [-0.05, 0) is 64.9 Å². The first-order chi connectivity index (χ1) is 14.7. The lowest BCUT2D eigenvalue weighted by atomic mass is 9.92. The maximum atomic E-state index is 6.61. The molecule has 0 saturated carbocycles. The molecule has 0 spiro atoms. The third-order valence-corrected chi connectivity index (χ3v) is 8.84. The third-order valence-electron chi connectivity index (χ3n) is 6.11.